The molecule has 1 aromatic rings. The van der Waals surface area contributed by atoms with Crippen LogP contribution in [0.1, 0.15) is 25.5 Å². The lowest BCUT2D eigenvalue weighted by molar-refractivity contribution is 0.402. The van der Waals surface area contributed by atoms with Crippen LogP contribution in [0.3, 0.4) is 0 Å². The Bertz CT molecular complexity index is 537. The van der Waals surface area contributed by atoms with Gasteiger partial charge < -0.3 is 4.90 Å². The van der Waals surface area contributed by atoms with Crippen LogP contribution < -0.4 is 9.62 Å². The molecule has 2 rings (SSSR count). The number of nitrogens with zero attached hydrogens (tertiary/aromatic N) is 2. The summed E-state index contributed by atoms with van der Waals surface area (Å²) < 4.78 is 25.6. The quantitative estimate of drug-likeness (QED) is 0.895. The van der Waals surface area contributed by atoms with Crippen LogP contribution in [-0.2, 0) is 10.0 Å². The van der Waals surface area contributed by atoms with Gasteiger partial charge in [0.05, 0.1) is 5.75 Å². The van der Waals surface area contributed by atoms with E-state index in [4.69, 9.17) is 0 Å². The molecule has 5 nitrogen and oxygen atoms in total. The summed E-state index contributed by atoms with van der Waals surface area (Å²) in [6, 6.07) is 4.13. The van der Waals surface area contributed by atoms with Crippen molar-refractivity contribution >= 4 is 15.7 Å². The van der Waals surface area contributed by atoms with E-state index in [1.165, 1.54) is 5.69 Å². The lowest BCUT2D eigenvalue weighted by atomic mass is 9.97. The second-order valence-electron chi connectivity index (χ2n) is 5.34. The molecule has 0 saturated carbocycles. The van der Waals surface area contributed by atoms with Crippen LogP contribution in [-0.4, -0.2) is 38.8 Å². The van der Waals surface area contributed by atoms with E-state index in [9.17, 15) is 8.42 Å². The van der Waals surface area contributed by atoms with Crippen LogP contribution >= 0.6 is 0 Å². The minimum absolute atomic E-state index is 0.155. The van der Waals surface area contributed by atoms with E-state index in [-0.39, 0.29) is 5.75 Å². The molecular weight excluding hydrogens is 274 g/mol. The fourth-order valence-electron chi connectivity index (χ4n) is 2.47. The first-order valence-electron chi connectivity index (χ1n) is 7.15. The van der Waals surface area contributed by atoms with Gasteiger partial charge in [-0.2, -0.15) is 0 Å². The number of piperidine rings is 1. The van der Waals surface area contributed by atoms with Crippen LogP contribution in [0.25, 0.3) is 0 Å². The molecule has 0 aliphatic carbocycles. The van der Waals surface area contributed by atoms with Gasteiger partial charge in [-0.05, 0) is 44.7 Å². The number of hydrogen-bond donors (Lipinski definition) is 1. The highest BCUT2D eigenvalue weighted by molar-refractivity contribution is 7.89. The normalized spacial score (nSPS) is 17.4. The van der Waals surface area contributed by atoms with Crippen LogP contribution in [0.4, 0.5) is 5.69 Å². The molecule has 1 aliphatic heterocycles. The third-order valence-electron chi connectivity index (χ3n) is 3.83. The fourth-order valence-corrected chi connectivity index (χ4v) is 3.16. The summed E-state index contributed by atoms with van der Waals surface area (Å²) in [7, 11) is -3.06. The Hall–Kier alpha value is -1.14. The Morgan fingerprint density at radius 3 is 2.70 bits per heavy atom. The Kier molecular flexibility index (Phi) is 4.99. The van der Waals surface area contributed by atoms with Gasteiger partial charge in [0.15, 0.2) is 0 Å². The second-order valence-corrected chi connectivity index (χ2v) is 7.43. The summed E-state index contributed by atoms with van der Waals surface area (Å²) >= 11 is 0. The topological polar surface area (TPSA) is 62.3 Å². The van der Waals surface area contributed by atoms with Crippen molar-refractivity contribution in [2.24, 2.45) is 5.92 Å². The van der Waals surface area contributed by atoms with Gasteiger partial charge in [-0.25, -0.2) is 13.1 Å². The van der Waals surface area contributed by atoms with Crippen molar-refractivity contribution in [1.29, 1.82) is 0 Å². The molecule has 20 heavy (non-hydrogen) atoms. The summed E-state index contributed by atoms with van der Waals surface area (Å²) in [4.78, 5) is 6.56. The Morgan fingerprint density at radius 1 is 1.40 bits per heavy atom. The van der Waals surface area contributed by atoms with Gasteiger partial charge in [-0.1, -0.05) is 0 Å². The first-order valence-corrected chi connectivity index (χ1v) is 8.80. The Labute approximate surface area is 121 Å². The fraction of sp³-hybridized carbons (Fsp3) is 0.643. The van der Waals surface area contributed by atoms with Crippen molar-refractivity contribution in [2.75, 3.05) is 30.3 Å². The van der Waals surface area contributed by atoms with Gasteiger partial charge in [0.2, 0.25) is 10.0 Å². The van der Waals surface area contributed by atoms with Crippen molar-refractivity contribution in [3.8, 4) is 0 Å². The number of rotatable bonds is 5. The van der Waals surface area contributed by atoms with Gasteiger partial charge in [0.1, 0.15) is 0 Å². The Morgan fingerprint density at radius 2 is 2.10 bits per heavy atom. The molecule has 0 unspecified atom stereocenters. The monoisotopic (exact) mass is 297 g/mol. The summed E-state index contributed by atoms with van der Waals surface area (Å²) in [5.41, 5.74) is 2.24. The minimum atomic E-state index is -3.06. The molecule has 0 amide bonds. The van der Waals surface area contributed by atoms with Crippen molar-refractivity contribution in [3.05, 3.63) is 24.0 Å². The maximum Gasteiger partial charge on any atom is 0.211 e. The first-order chi connectivity index (χ1) is 9.50. The summed E-state index contributed by atoms with van der Waals surface area (Å²) in [6.45, 7) is 6.18. The molecule has 0 spiro atoms. The molecule has 6 heteroatoms. The van der Waals surface area contributed by atoms with E-state index in [0.717, 1.165) is 31.6 Å². The molecule has 1 aromatic heterocycles. The van der Waals surface area contributed by atoms with Crippen LogP contribution in [0, 0.1) is 12.8 Å². The SMILES string of the molecule is CCS(=O)(=O)NCC1CCN(c2ccnc(C)c2)CC1. The van der Waals surface area contributed by atoms with E-state index < -0.39 is 10.0 Å². The highest BCUT2D eigenvalue weighted by Gasteiger charge is 2.20. The summed E-state index contributed by atoms with van der Waals surface area (Å²) in [5.74, 6) is 0.595. The lowest BCUT2D eigenvalue weighted by Crippen LogP contribution is -2.39. The predicted octanol–water partition coefficient (Wildman–Crippen LogP) is 1.55. The standard InChI is InChI=1S/C14H23N3O2S/c1-3-20(18,19)16-11-13-5-8-17(9-6-13)14-4-7-15-12(2)10-14/h4,7,10,13,16H,3,5-6,8-9,11H2,1-2H3. The van der Waals surface area contributed by atoms with E-state index in [1.807, 2.05) is 19.2 Å². The largest absolute Gasteiger partial charge is 0.371 e. The van der Waals surface area contributed by atoms with E-state index in [0.29, 0.717) is 12.5 Å². The molecule has 1 N–H and O–H groups in total. The molecule has 2 heterocycles. The third-order valence-corrected chi connectivity index (χ3v) is 5.20. The lowest BCUT2D eigenvalue weighted by Gasteiger charge is -2.33. The molecule has 1 aliphatic rings. The highest BCUT2D eigenvalue weighted by atomic mass is 32.2. The number of aromatic nitrogens is 1. The minimum Gasteiger partial charge on any atom is -0.371 e. The van der Waals surface area contributed by atoms with Crippen molar-refractivity contribution in [1.82, 2.24) is 9.71 Å². The number of sulfonamides is 1. The number of pyridine rings is 1. The molecule has 0 aromatic carbocycles. The van der Waals surface area contributed by atoms with Crippen molar-refractivity contribution in [3.63, 3.8) is 0 Å². The zero-order valence-corrected chi connectivity index (χ0v) is 13.0. The average molecular weight is 297 g/mol. The maximum absolute atomic E-state index is 11.4. The highest BCUT2D eigenvalue weighted by Crippen LogP contribution is 2.23. The van der Waals surface area contributed by atoms with Crippen LogP contribution in [0.2, 0.25) is 0 Å². The van der Waals surface area contributed by atoms with Gasteiger partial charge in [-0.3, -0.25) is 4.98 Å². The van der Waals surface area contributed by atoms with Gasteiger partial charge in [0.25, 0.3) is 0 Å². The van der Waals surface area contributed by atoms with Gasteiger partial charge >= 0.3 is 0 Å². The average Bonchev–Trinajstić information content (AvgIpc) is 2.46. The summed E-state index contributed by atoms with van der Waals surface area (Å²) in [6.07, 6.45) is 3.88. The van der Waals surface area contributed by atoms with Crippen LogP contribution in [0.5, 0.6) is 0 Å². The third kappa shape index (κ3) is 4.18. The molecule has 1 fully saturated rings. The molecule has 1 saturated heterocycles. The zero-order chi connectivity index (χ0) is 14.6. The molecular formula is C14H23N3O2S. The van der Waals surface area contributed by atoms with Crippen LogP contribution in [0.15, 0.2) is 18.3 Å². The molecule has 0 atom stereocenters. The maximum atomic E-state index is 11.4. The number of hydrogen-bond acceptors (Lipinski definition) is 4. The predicted molar refractivity (Wildman–Crippen MR) is 81.4 cm³/mol. The summed E-state index contributed by atoms with van der Waals surface area (Å²) in [5, 5.41) is 0. The van der Waals surface area contributed by atoms with E-state index in [1.54, 1.807) is 6.92 Å². The van der Waals surface area contributed by atoms with Gasteiger partial charge in [-0.15, -0.1) is 0 Å². The van der Waals surface area contributed by atoms with E-state index in [2.05, 4.69) is 20.7 Å². The number of aryl methyl sites for hydroxylation is 1. The zero-order valence-electron chi connectivity index (χ0n) is 12.2. The first kappa shape index (κ1) is 15.3. The number of anilines is 1. The van der Waals surface area contributed by atoms with E-state index >= 15 is 0 Å². The molecule has 0 radical (unpaired) electrons. The molecule has 0 bridgehead atoms. The second kappa shape index (κ2) is 6.54. The number of nitrogens with one attached hydrogen (secondary N) is 1. The van der Waals surface area contributed by atoms with Gasteiger partial charge in [0, 0.05) is 37.2 Å². The Balaban J connectivity index is 1.84. The van der Waals surface area contributed by atoms with Crippen molar-refractivity contribution in [2.45, 2.75) is 26.7 Å². The molecule has 112 valence electrons. The van der Waals surface area contributed by atoms with Crippen molar-refractivity contribution < 1.29 is 8.42 Å². The smallest absolute Gasteiger partial charge is 0.211 e.